The van der Waals surface area contributed by atoms with Gasteiger partial charge in [0.15, 0.2) is 0 Å². The third kappa shape index (κ3) is 3.22. The summed E-state index contributed by atoms with van der Waals surface area (Å²) >= 11 is 2.23. The summed E-state index contributed by atoms with van der Waals surface area (Å²) in [7, 11) is 0. The fraction of sp³-hybridized carbons (Fsp3) is 0.545. The number of nitrogens with zero attached hydrogens (tertiary/aromatic N) is 1. The van der Waals surface area contributed by atoms with Gasteiger partial charge in [-0.25, -0.2) is 4.98 Å². The van der Waals surface area contributed by atoms with E-state index in [4.69, 9.17) is 9.47 Å². The average Bonchev–Trinajstić information content (AvgIpc) is 2.94. The van der Waals surface area contributed by atoms with Crippen LogP contribution < -0.4 is 9.47 Å². The van der Waals surface area contributed by atoms with Gasteiger partial charge in [-0.3, -0.25) is 0 Å². The van der Waals surface area contributed by atoms with Crippen LogP contribution >= 0.6 is 22.6 Å². The highest BCUT2D eigenvalue weighted by Gasteiger charge is 2.24. The molecule has 0 N–H and O–H groups in total. The minimum Gasteiger partial charge on any atom is -0.489 e. The van der Waals surface area contributed by atoms with Gasteiger partial charge in [-0.15, -0.1) is 0 Å². The Kier molecular flexibility index (Phi) is 3.33. The van der Waals surface area contributed by atoms with Gasteiger partial charge in [0.1, 0.15) is 5.75 Å². The molecular formula is C11H14INO2. The lowest BCUT2D eigenvalue weighted by molar-refractivity contribution is 0.229. The fourth-order valence-electron chi connectivity index (χ4n) is 1.16. The molecule has 1 aliphatic carbocycles. The van der Waals surface area contributed by atoms with Gasteiger partial charge in [-0.05, 0) is 49.3 Å². The van der Waals surface area contributed by atoms with Crippen LogP contribution in [0.4, 0.5) is 0 Å². The second-order valence-corrected chi connectivity index (χ2v) is 5.10. The quantitative estimate of drug-likeness (QED) is 0.800. The van der Waals surface area contributed by atoms with E-state index in [9.17, 15) is 0 Å². The zero-order valence-corrected chi connectivity index (χ0v) is 11.0. The van der Waals surface area contributed by atoms with Crippen LogP contribution in [-0.4, -0.2) is 17.2 Å². The fourth-order valence-corrected chi connectivity index (χ4v) is 1.59. The lowest BCUT2D eigenvalue weighted by Crippen LogP contribution is -2.07. The number of hydrogen-bond donors (Lipinski definition) is 0. The second-order valence-electron chi connectivity index (χ2n) is 3.94. The molecule has 1 heterocycles. The van der Waals surface area contributed by atoms with Gasteiger partial charge in [0.25, 0.3) is 0 Å². The topological polar surface area (TPSA) is 31.4 Å². The number of halogens is 1. The van der Waals surface area contributed by atoms with E-state index in [1.165, 1.54) is 12.8 Å². The van der Waals surface area contributed by atoms with Gasteiger partial charge in [0.2, 0.25) is 5.88 Å². The first-order chi connectivity index (χ1) is 7.15. The molecule has 2 rings (SSSR count). The molecule has 0 aromatic carbocycles. The highest BCUT2D eigenvalue weighted by atomic mass is 127. The SMILES string of the molecule is CC(C)Oc1cc(OC2CC2)c(I)cn1. The van der Waals surface area contributed by atoms with Crippen LogP contribution in [0.1, 0.15) is 26.7 Å². The van der Waals surface area contributed by atoms with Crippen LogP contribution in [0.25, 0.3) is 0 Å². The van der Waals surface area contributed by atoms with Crippen molar-refractivity contribution in [3.8, 4) is 11.6 Å². The molecule has 15 heavy (non-hydrogen) atoms. The second kappa shape index (κ2) is 4.55. The molecule has 0 saturated heterocycles. The summed E-state index contributed by atoms with van der Waals surface area (Å²) in [5.41, 5.74) is 0. The highest BCUT2D eigenvalue weighted by molar-refractivity contribution is 14.1. The Labute approximate surface area is 103 Å². The van der Waals surface area contributed by atoms with Crippen molar-refractivity contribution in [2.75, 3.05) is 0 Å². The predicted octanol–water partition coefficient (Wildman–Crippen LogP) is 3.01. The molecular weight excluding hydrogens is 305 g/mol. The van der Waals surface area contributed by atoms with Crippen LogP contribution in [0.2, 0.25) is 0 Å². The molecule has 0 unspecified atom stereocenters. The Morgan fingerprint density at radius 3 is 2.80 bits per heavy atom. The van der Waals surface area contributed by atoms with E-state index in [2.05, 4.69) is 27.6 Å². The smallest absolute Gasteiger partial charge is 0.217 e. The zero-order chi connectivity index (χ0) is 10.8. The summed E-state index contributed by atoms with van der Waals surface area (Å²) < 4.78 is 12.3. The molecule has 0 amide bonds. The molecule has 0 spiro atoms. The maximum Gasteiger partial charge on any atom is 0.217 e. The largest absolute Gasteiger partial charge is 0.489 e. The normalized spacial score (nSPS) is 15.5. The van der Waals surface area contributed by atoms with E-state index in [-0.39, 0.29) is 6.10 Å². The first kappa shape index (κ1) is 11.0. The van der Waals surface area contributed by atoms with Crippen molar-refractivity contribution in [3.05, 3.63) is 15.8 Å². The molecule has 0 radical (unpaired) electrons. The van der Waals surface area contributed by atoms with Crippen molar-refractivity contribution >= 4 is 22.6 Å². The summed E-state index contributed by atoms with van der Waals surface area (Å²) in [6.07, 6.45) is 4.67. The van der Waals surface area contributed by atoms with Crippen LogP contribution in [-0.2, 0) is 0 Å². The summed E-state index contributed by atoms with van der Waals surface area (Å²) in [5, 5.41) is 0. The maximum atomic E-state index is 5.75. The first-order valence-corrected chi connectivity index (χ1v) is 6.22. The van der Waals surface area contributed by atoms with Crippen molar-refractivity contribution in [1.29, 1.82) is 0 Å². The van der Waals surface area contributed by atoms with Crippen molar-refractivity contribution in [3.63, 3.8) is 0 Å². The van der Waals surface area contributed by atoms with Crippen LogP contribution in [0.15, 0.2) is 12.3 Å². The molecule has 1 aromatic rings. The summed E-state index contributed by atoms with van der Waals surface area (Å²) in [4.78, 5) is 4.20. The van der Waals surface area contributed by atoms with E-state index in [0.29, 0.717) is 12.0 Å². The lowest BCUT2D eigenvalue weighted by Gasteiger charge is -2.11. The first-order valence-electron chi connectivity index (χ1n) is 5.14. The molecule has 1 saturated carbocycles. The Hall–Kier alpha value is -0.520. The third-order valence-electron chi connectivity index (χ3n) is 1.97. The summed E-state index contributed by atoms with van der Waals surface area (Å²) in [5.74, 6) is 1.53. The number of hydrogen-bond acceptors (Lipinski definition) is 3. The van der Waals surface area contributed by atoms with Crippen LogP contribution in [0.5, 0.6) is 11.6 Å². The zero-order valence-electron chi connectivity index (χ0n) is 8.87. The van der Waals surface area contributed by atoms with E-state index in [1.807, 2.05) is 19.9 Å². The summed E-state index contributed by atoms with van der Waals surface area (Å²) in [6.45, 7) is 3.97. The monoisotopic (exact) mass is 319 g/mol. The minimum absolute atomic E-state index is 0.145. The Balaban J connectivity index is 2.12. The van der Waals surface area contributed by atoms with E-state index in [0.717, 1.165) is 9.32 Å². The molecule has 0 atom stereocenters. The predicted molar refractivity (Wildman–Crippen MR) is 66.4 cm³/mol. The number of ether oxygens (including phenoxy) is 2. The lowest BCUT2D eigenvalue weighted by atomic mass is 10.4. The van der Waals surface area contributed by atoms with E-state index < -0.39 is 0 Å². The van der Waals surface area contributed by atoms with Gasteiger partial charge >= 0.3 is 0 Å². The number of rotatable bonds is 4. The van der Waals surface area contributed by atoms with Crippen molar-refractivity contribution < 1.29 is 9.47 Å². The third-order valence-corrected chi connectivity index (χ3v) is 2.78. The van der Waals surface area contributed by atoms with Crippen molar-refractivity contribution in [2.45, 2.75) is 38.9 Å². The van der Waals surface area contributed by atoms with Gasteiger partial charge < -0.3 is 9.47 Å². The molecule has 1 fully saturated rings. The van der Waals surface area contributed by atoms with Gasteiger partial charge in [0.05, 0.1) is 15.8 Å². The van der Waals surface area contributed by atoms with E-state index in [1.54, 1.807) is 6.20 Å². The molecule has 3 nitrogen and oxygen atoms in total. The molecule has 1 aromatic heterocycles. The Morgan fingerprint density at radius 1 is 1.47 bits per heavy atom. The average molecular weight is 319 g/mol. The Bertz CT molecular complexity index is 350. The Morgan fingerprint density at radius 2 is 2.20 bits per heavy atom. The van der Waals surface area contributed by atoms with Crippen molar-refractivity contribution in [2.24, 2.45) is 0 Å². The molecule has 82 valence electrons. The minimum atomic E-state index is 0.145. The van der Waals surface area contributed by atoms with Gasteiger partial charge in [-0.2, -0.15) is 0 Å². The molecule has 1 aliphatic rings. The van der Waals surface area contributed by atoms with Gasteiger partial charge in [0, 0.05) is 12.3 Å². The van der Waals surface area contributed by atoms with Crippen molar-refractivity contribution in [1.82, 2.24) is 4.98 Å². The number of pyridine rings is 1. The highest BCUT2D eigenvalue weighted by Crippen LogP contribution is 2.31. The standard InChI is InChI=1S/C11H14INO2/c1-7(2)14-11-5-10(9(12)6-13-11)15-8-3-4-8/h5-8H,3-4H2,1-2H3. The van der Waals surface area contributed by atoms with Crippen LogP contribution in [0.3, 0.4) is 0 Å². The van der Waals surface area contributed by atoms with E-state index >= 15 is 0 Å². The van der Waals surface area contributed by atoms with Crippen LogP contribution in [0, 0.1) is 3.57 Å². The maximum absolute atomic E-state index is 5.75. The molecule has 0 aliphatic heterocycles. The molecule has 4 heteroatoms. The summed E-state index contributed by atoms with van der Waals surface area (Å²) in [6, 6.07) is 1.88. The molecule has 0 bridgehead atoms. The van der Waals surface area contributed by atoms with Gasteiger partial charge in [-0.1, -0.05) is 0 Å². The number of aromatic nitrogens is 1.